The molecule has 1 aromatic carbocycles. The van der Waals surface area contributed by atoms with E-state index < -0.39 is 0 Å². The van der Waals surface area contributed by atoms with Crippen molar-refractivity contribution >= 4 is 41.5 Å². The van der Waals surface area contributed by atoms with E-state index in [4.69, 9.17) is 33.7 Å². The molecule has 0 aromatic heterocycles. The van der Waals surface area contributed by atoms with Gasteiger partial charge in [0.05, 0.1) is 10.0 Å². The summed E-state index contributed by atoms with van der Waals surface area (Å²) in [6.45, 7) is 1.05. The van der Waals surface area contributed by atoms with Crippen molar-refractivity contribution in [1.82, 2.24) is 5.32 Å². The Kier molecular flexibility index (Phi) is 8.93. The lowest BCUT2D eigenvalue weighted by Gasteiger charge is -2.07. The lowest BCUT2D eigenvalue weighted by molar-refractivity contribution is -0.123. The molecule has 0 saturated carbocycles. The third-order valence-electron chi connectivity index (χ3n) is 1.96. The lowest BCUT2D eigenvalue weighted by Crippen LogP contribution is -2.30. The van der Waals surface area contributed by atoms with E-state index in [2.05, 4.69) is 5.32 Å². The molecule has 18 heavy (non-hydrogen) atoms. The van der Waals surface area contributed by atoms with E-state index in [1.807, 2.05) is 0 Å². The second-order valence-electron chi connectivity index (χ2n) is 3.36. The fourth-order valence-electron chi connectivity index (χ4n) is 1.10. The lowest BCUT2D eigenvalue weighted by atomic mass is 10.3. The van der Waals surface area contributed by atoms with Crippen LogP contribution in [0.1, 0.15) is 6.42 Å². The number of rotatable bonds is 6. The van der Waals surface area contributed by atoms with E-state index in [1.54, 1.807) is 18.2 Å². The van der Waals surface area contributed by atoms with E-state index in [1.165, 1.54) is 0 Å². The van der Waals surface area contributed by atoms with Gasteiger partial charge in [-0.1, -0.05) is 23.2 Å². The fourth-order valence-corrected chi connectivity index (χ4v) is 1.38. The second-order valence-corrected chi connectivity index (χ2v) is 4.17. The zero-order valence-corrected chi connectivity index (χ0v) is 11.9. The zero-order valence-electron chi connectivity index (χ0n) is 9.62. The maximum atomic E-state index is 11.3. The van der Waals surface area contributed by atoms with Crippen LogP contribution in [0.3, 0.4) is 0 Å². The van der Waals surface area contributed by atoms with Gasteiger partial charge in [0, 0.05) is 12.6 Å². The average Bonchev–Trinajstić information content (AvgIpc) is 2.31. The summed E-state index contributed by atoms with van der Waals surface area (Å²) in [5.74, 6) is 0.317. The number of nitrogens with one attached hydrogen (secondary N) is 1. The summed E-state index contributed by atoms with van der Waals surface area (Å²) in [7, 11) is 0. The third kappa shape index (κ3) is 6.31. The highest BCUT2D eigenvalue weighted by atomic mass is 35.5. The molecule has 0 unspecified atom stereocenters. The van der Waals surface area contributed by atoms with Gasteiger partial charge in [0.25, 0.3) is 5.91 Å². The van der Waals surface area contributed by atoms with E-state index in [0.717, 1.165) is 6.42 Å². The Morgan fingerprint density at radius 1 is 1.33 bits per heavy atom. The summed E-state index contributed by atoms with van der Waals surface area (Å²) < 4.78 is 5.25. The minimum absolute atomic E-state index is 0. The molecule has 0 spiro atoms. The second kappa shape index (κ2) is 9.28. The van der Waals surface area contributed by atoms with Crippen LogP contribution >= 0.6 is 35.6 Å². The van der Waals surface area contributed by atoms with Crippen molar-refractivity contribution in [2.45, 2.75) is 6.42 Å². The van der Waals surface area contributed by atoms with Gasteiger partial charge in [0.15, 0.2) is 6.61 Å². The van der Waals surface area contributed by atoms with E-state index in [-0.39, 0.29) is 24.9 Å². The molecule has 0 atom stereocenters. The largest absolute Gasteiger partial charge is 0.484 e. The molecule has 0 bridgehead atoms. The number of hydrogen-bond acceptors (Lipinski definition) is 3. The van der Waals surface area contributed by atoms with E-state index in [0.29, 0.717) is 28.9 Å². The Morgan fingerprint density at radius 3 is 2.67 bits per heavy atom. The quantitative estimate of drug-likeness (QED) is 0.792. The van der Waals surface area contributed by atoms with Crippen LogP contribution in [-0.2, 0) is 4.79 Å². The van der Waals surface area contributed by atoms with Crippen molar-refractivity contribution in [3.05, 3.63) is 28.2 Å². The summed E-state index contributed by atoms with van der Waals surface area (Å²) in [5.41, 5.74) is 5.30. The Labute approximate surface area is 122 Å². The van der Waals surface area contributed by atoms with Crippen LogP contribution in [0.25, 0.3) is 0 Å². The molecule has 1 amide bonds. The minimum Gasteiger partial charge on any atom is -0.484 e. The number of halogens is 3. The molecule has 0 aliphatic rings. The Balaban J connectivity index is 0.00000289. The highest BCUT2D eigenvalue weighted by Crippen LogP contribution is 2.26. The van der Waals surface area contributed by atoms with Gasteiger partial charge in [-0.25, -0.2) is 0 Å². The van der Waals surface area contributed by atoms with Crippen LogP contribution in [0, 0.1) is 0 Å². The normalized spacial score (nSPS) is 9.50. The average molecular weight is 314 g/mol. The number of hydrogen-bond donors (Lipinski definition) is 2. The van der Waals surface area contributed by atoms with Crippen molar-refractivity contribution in [3.63, 3.8) is 0 Å². The molecule has 3 N–H and O–H groups in total. The maximum absolute atomic E-state index is 11.3. The minimum atomic E-state index is -0.190. The number of benzene rings is 1. The van der Waals surface area contributed by atoms with Crippen LogP contribution in [0.4, 0.5) is 0 Å². The van der Waals surface area contributed by atoms with Gasteiger partial charge in [0.2, 0.25) is 0 Å². The van der Waals surface area contributed by atoms with Gasteiger partial charge in [-0.15, -0.1) is 12.4 Å². The van der Waals surface area contributed by atoms with Crippen LogP contribution in [0.2, 0.25) is 10.0 Å². The van der Waals surface area contributed by atoms with Gasteiger partial charge in [-0.05, 0) is 25.1 Å². The molecule has 1 aromatic rings. The Bertz CT molecular complexity index is 389. The summed E-state index contributed by atoms with van der Waals surface area (Å²) in [6.07, 6.45) is 0.749. The highest BCUT2D eigenvalue weighted by Gasteiger charge is 2.04. The molecular formula is C11H15Cl3N2O2. The molecule has 0 aliphatic carbocycles. The van der Waals surface area contributed by atoms with Crippen LogP contribution in [0.5, 0.6) is 5.75 Å². The van der Waals surface area contributed by atoms with Gasteiger partial charge < -0.3 is 15.8 Å². The topological polar surface area (TPSA) is 64.3 Å². The van der Waals surface area contributed by atoms with Gasteiger partial charge in [0.1, 0.15) is 5.75 Å². The van der Waals surface area contributed by atoms with Crippen molar-refractivity contribution in [1.29, 1.82) is 0 Å². The molecule has 7 heteroatoms. The molecule has 0 heterocycles. The highest BCUT2D eigenvalue weighted by molar-refractivity contribution is 6.42. The summed E-state index contributed by atoms with van der Waals surface area (Å²) >= 11 is 11.6. The molecule has 0 radical (unpaired) electrons. The summed E-state index contributed by atoms with van der Waals surface area (Å²) in [5, 5.41) is 3.52. The van der Waals surface area contributed by atoms with Crippen molar-refractivity contribution in [2.75, 3.05) is 19.7 Å². The van der Waals surface area contributed by atoms with Crippen molar-refractivity contribution in [2.24, 2.45) is 5.73 Å². The van der Waals surface area contributed by atoms with Crippen LogP contribution in [-0.4, -0.2) is 25.6 Å². The number of amides is 1. The van der Waals surface area contributed by atoms with Gasteiger partial charge in [-0.3, -0.25) is 4.79 Å². The van der Waals surface area contributed by atoms with Gasteiger partial charge in [-0.2, -0.15) is 0 Å². The number of carbonyl (C=O) groups is 1. The number of carbonyl (C=O) groups excluding carboxylic acids is 1. The third-order valence-corrected chi connectivity index (χ3v) is 2.70. The molecule has 0 fully saturated rings. The molecule has 102 valence electrons. The molecule has 4 nitrogen and oxygen atoms in total. The Hall–Kier alpha value is -0.680. The van der Waals surface area contributed by atoms with Gasteiger partial charge >= 0.3 is 0 Å². The van der Waals surface area contributed by atoms with Crippen LogP contribution < -0.4 is 15.8 Å². The fraction of sp³-hybridized carbons (Fsp3) is 0.364. The Morgan fingerprint density at radius 2 is 2.06 bits per heavy atom. The summed E-state index contributed by atoms with van der Waals surface area (Å²) in [6, 6.07) is 4.84. The summed E-state index contributed by atoms with van der Waals surface area (Å²) in [4.78, 5) is 11.3. The SMILES string of the molecule is Cl.NCCCNC(=O)COc1ccc(Cl)c(Cl)c1. The first-order valence-electron chi connectivity index (χ1n) is 5.18. The molecule has 1 rings (SSSR count). The standard InChI is InChI=1S/C11H14Cl2N2O2.ClH/c12-9-3-2-8(6-10(9)13)17-7-11(16)15-5-1-4-14;/h2-3,6H,1,4-5,7,14H2,(H,15,16);1H. The smallest absolute Gasteiger partial charge is 0.257 e. The van der Waals surface area contributed by atoms with Crippen molar-refractivity contribution < 1.29 is 9.53 Å². The maximum Gasteiger partial charge on any atom is 0.257 e. The monoisotopic (exact) mass is 312 g/mol. The van der Waals surface area contributed by atoms with Crippen molar-refractivity contribution in [3.8, 4) is 5.75 Å². The molecule has 0 saturated heterocycles. The molecule has 0 aliphatic heterocycles. The van der Waals surface area contributed by atoms with Crippen LogP contribution in [0.15, 0.2) is 18.2 Å². The zero-order chi connectivity index (χ0) is 12.7. The number of ether oxygens (including phenoxy) is 1. The predicted molar refractivity (Wildman–Crippen MR) is 75.9 cm³/mol. The predicted octanol–water partition coefficient (Wildman–Crippen LogP) is 2.26. The van der Waals surface area contributed by atoms with E-state index >= 15 is 0 Å². The first-order chi connectivity index (χ1) is 8.13. The first-order valence-corrected chi connectivity index (χ1v) is 5.93. The number of nitrogens with two attached hydrogens (primary N) is 1. The molecular weight excluding hydrogens is 298 g/mol. The van der Waals surface area contributed by atoms with E-state index in [9.17, 15) is 4.79 Å². The first kappa shape index (κ1) is 17.3.